The summed E-state index contributed by atoms with van der Waals surface area (Å²) in [5, 5.41) is 0.571. The molecule has 6 nitrogen and oxygen atoms in total. The highest BCUT2D eigenvalue weighted by Crippen LogP contribution is 2.44. The van der Waals surface area contributed by atoms with Gasteiger partial charge in [-0.1, -0.05) is 65.7 Å². The van der Waals surface area contributed by atoms with Crippen molar-refractivity contribution in [2.45, 2.75) is 44.4 Å². The van der Waals surface area contributed by atoms with E-state index in [0.29, 0.717) is 30.2 Å². The second-order valence-corrected chi connectivity index (χ2v) is 13.9. The Morgan fingerprint density at radius 2 is 1.56 bits per heavy atom. The summed E-state index contributed by atoms with van der Waals surface area (Å²) >= 11 is 6.22. The number of rotatable bonds is 7. The van der Waals surface area contributed by atoms with Gasteiger partial charge in [-0.25, -0.2) is 13.1 Å². The van der Waals surface area contributed by atoms with Gasteiger partial charge >= 0.3 is 0 Å². The summed E-state index contributed by atoms with van der Waals surface area (Å²) in [5.41, 5.74) is 9.08. The summed E-state index contributed by atoms with van der Waals surface area (Å²) < 4.78 is 36.5. The van der Waals surface area contributed by atoms with Crippen molar-refractivity contribution in [3.63, 3.8) is 0 Å². The number of amides is 1. The summed E-state index contributed by atoms with van der Waals surface area (Å²) in [5.74, 6) is 0.722. The van der Waals surface area contributed by atoms with Crippen LogP contribution >= 0.6 is 11.6 Å². The minimum absolute atomic E-state index is 0.0257. The molecule has 0 radical (unpaired) electrons. The van der Waals surface area contributed by atoms with Gasteiger partial charge in [-0.3, -0.25) is 4.79 Å². The molecule has 2 aliphatic heterocycles. The quantitative estimate of drug-likeness (QED) is 0.197. The fourth-order valence-corrected chi connectivity index (χ4v) is 7.60. The Balaban J connectivity index is 1.30. The Kier molecular flexibility index (Phi) is 7.48. The van der Waals surface area contributed by atoms with Crippen LogP contribution in [0.5, 0.6) is 5.75 Å². The maximum atomic E-state index is 13.6. The van der Waals surface area contributed by atoms with Crippen LogP contribution in [0.2, 0.25) is 5.02 Å². The first kappa shape index (κ1) is 29.3. The van der Waals surface area contributed by atoms with Crippen LogP contribution in [0.4, 0.5) is 5.69 Å². The predicted octanol–water partition coefficient (Wildman–Crippen LogP) is 7.94. The van der Waals surface area contributed by atoms with E-state index in [4.69, 9.17) is 16.3 Å². The molecule has 0 saturated heterocycles. The molecule has 1 unspecified atom stereocenters. The number of benzene rings is 5. The van der Waals surface area contributed by atoms with Gasteiger partial charge < -0.3 is 9.64 Å². The topological polar surface area (TPSA) is 75.7 Å². The lowest BCUT2D eigenvalue weighted by Crippen LogP contribution is -2.30. The van der Waals surface area contributed by atoms with Gasteiger partial charge in [-0.05, 0) is 108 Å². The summed E-state index contributed by atoms with van der Waals surface area (Å²) in [6.07, 6.45) is 0.367. The standard InChI is InChI=1S/C37H31ClN2O4S/c1-23-8-14-31(15-9-23)45(42,43)39-34(25-10-12-29(38)13-11-25)20-26-16-24(2)17-35-36(26)32-18-27-21-40(30-6-4-3-5-7-30)37(41)33(27)19-28(32)22-44-35/h3-19,34,39H,20-22H2,1-2H3. The molecule has 1 atom stereocenters. The highest BCUT2D eigenvalue weighted by molar-refractivity contribution is 7.89. The van der Waals surface area contributed by atoms with Crippen molar-refractivity contribution in [2.24, 2.45) is 0 Å². The molecule has 0 aliphatic carbocycles. The third-order valence-corrected chi connectivity index (χ3v) is 10.2. The number of sulfonamides is 1. The van der Waals surface area contributed by atoms with Crippen LogP contribution in [0, 0.1) is 13.8 Å². The van der Waals surface area contributed by atoms with E-state index in [2.05, 4.69) is 16.9 Å². The zero-order valence-electron chi connectivity index (χ0n) is 24.9. The lowest BCUT2D eigenvalue weighted by Gasteiger charge is -2.27. The maximum absolute atomic E-state index is 13.6. The molecule has 0 aromatic heterocycles. The normalized spacial score (nSPS) is 14.4. The first-order valence-electron chi connectivity index (χ1n) is 14.8. The van der Waals surface area contributed by atoms with Crippen molar-refractivity contribution < 1.29 is 17.9 Å². The van der Waals surface area contributed by atoms with Gasteiger partial charge in [0, 0.05) is 21.8 Å². The number of hydrogen-bond donors (Lipinski definition) is 1. The van der Waals surface area contributed by atoms with Gasteiger partial charge in [0.05, 0.1) is 17.5 Å². The Morgan fingerprint density at radius 1 is 0.844 bits per heavy atom. The van der Waals surface area contributed by atoms with Gasteiger partial charge in [0.15, 0.2) is 0 Å². The molecular weight excluding hydrogens is 604 g/mol. The average molecular weight is 635 g/mol. The fraction of sp³-hybridized carbons (Fsp3) is 0.162. The van der Waals surface area contributed by atoms with Crippen LogP contribution in [0.25, 0.3) is 11.1 Å². The van der Waals surface area contributed by atoms with E-state index in [1.165, 1.54) is 0 Å². The molecule has 1 N–H and O–H groups in total. The number of hydrogen-bond acceptors (Lipinski definition) is 4. The largest absolute Gasteiger partial charge is 0.488 e. The van der Waals surface area contributed by atoms with Crippen LogP contribution < -0.4 is 14.4 Å². The van der Waals surface area contributed by atoms with Gasteiger partial charge in [-0.15, -0.1) is 0 Å². The molecular formula is C37H31ClN2O4S. The van der Waals surface area contributed by atoms with Crippen LogP contribution in [-0.4, -0.2) is 14.3 Å². The van der Waals surface area contributed by atoms with Crippen LogP contribution in [-0.2, 0) is 29.6 Å². The maximum Gasteiger partial charge on any atom is 0.258 e. The van der Waals surface area contributed by atoms with Crippen molar-refractivity contribution in [2.75, 3.05) is 4.90 Å². The van der Waals surface area contributed by atoms with Crippen LogP contribution in [0.15, 0.2) is 108 Å². The highest BCUT2D eigenvalue weighted by atomic mass is 35.5. The smallest absolute Gasteiger partial charge is 0.258 e. The number of halogens is 1. The number of nitrogens with zero attached hydrogens (tertiary/aromatic N) is 1. The Hall–Kier alpha value is -4.43. The van der Waals surface area contributed by atoms with Crippen LogP contribution in [0.3, 0.4) is 0 Å². The molecule has 8 heteroatoms. The number of carbonyl (C=O) groups excluding carboxylic acids is 1. The van der Waals surface area contributed by atoms with E-state index < -0.39 is 16.1 Å². The third kappa shape index (κ3) is 5.63. The van der Waals surface area contributed by atoms with E-state index in [0.717, 1.165) is 55.9 Å². The van der Waals surface area contributed by atoms with Crippen molar-refractivity contribution in [3.8, 4) is 16.9 Å². The first-order valence-corrected chi connectivity index (χ1v) is 16.7. The van der Waals surface area contributed by atoms with Gasteiger partial charge in [0.1, 0.15) is 12.4 Å². The van der Waals surface area contributed by atoms with Crippen molar-refractivity contribution in [3.05, 3.63) is 147 Å². The number of para-hydroxylation sites is 1. The van der Waals surface area contributed by atoms with E-state index in [9.17, 15) is 13.2 Å². The molecule has 5 aromatic carbocycles. The van der Waals surface area contributed by atoms with Crippen molar-refractivity contribution in [1.82, 2.24) is 4.72 Å². The zero-order valence-corrected chi connectivity index (χ0v) is 26.5. The molecule has 1 amide bonds. The molecule has 45 heavy (non-hydrogen) atoms. The van der Waals surface area contributed by atoms with Crippen LogP contribution in [0.1, 0.15) is 49.8 Å². The molecule has 5 aromatic rings. The summed E-state index contributed by atoms with van der Waals surface area (Å²) in [7, 11) is -3.85. The molecule has 0 spiro atoms. The minimum Gasteiger partial charge on any atom is -0.488 e. The van der Waals surface area contributed by atoms with E-state index in [1.807, 2.05) is 68.4 Å². The number of fused-ring (bicyclic) bond motifs is 4. The van der Waals surface area contributed by atoms with Gasteiger partial charge in [0.2, 0.25) is 10.0 Å². The molecule has 2 aliphatic rings. The number of anilines is 1. The van der Waals surface area contributed by atoms with E-state index in [1.54, 1.807) is 41.3 Å². The highest BCUT2D eigenvalue weighted by Gasteiger charge is 2.33. The Bertz CT molecular complexity index is 2040. The fourth-order valence-electron chi connectivity index (χ4n) is 6.25. The number of ether oxygens (including phenoxy) is 1. The number of aryl methyl sites for hydroxylation is 2. The molecule has 0 bridgehead atoms. The van der Waals surface area contributed by atoms with Gasteiger partial charge in [-0.2, -0.15) is 0 Å². The summed E-state index contributed by atoms with van der Waals surface area (Å²) in [6.45, 7) is 4.76. The molecule has 0 fully saturated rings. The van der Waals surface area contributed by atoms with Crippen molar-refractivity contribution >= 4 is 33.2 Å². The predicted molar refractivity (Wildman–Crippen MR) is 177 cm³/mol. The Morgan fingerprint density at radius 3 is 2.29 bits per heavy atom. The van der Waals surface area contributed by atoms with E-state index in [-0.39, 0.29) is 10.8 Å². The molecule has 226 valence electrons. The average Bonchev–Trinajstić information content (AvgIpc) is 3.35. The van der Waals surface area contributed by atoms with E-state index >= 15 is 0 Å². The Labute approximate surface area is 268 Å². The molecule has 7 rings (SSSR count). The second kappa shape index (κ2) is 11.5. The number of nitrogens with one attached hydrogen (secondary N) is 1. The summed E-state index contributed by atoms with van der Waals surface area (Å²) in [6, 6.07) is 31.3. The molecule has 2 heterocycles. The lowest BCUT2D eigenvalue weighted by atomic mass is 9.86. The summed E-state index contributed by atoms with van der Waals surface area (Å²) in [4.78, 5) is 15.4. The van der Waals surface area contributed by atoms with Gasteiger partial charge in [0.25, 0.3) is 5.91 Å². The molecule has 0 saturated carbocycles. The minimum atomic E-state index is -3.85. The zero-order chi connectivity index (χ0) is 31.3. The third-order valence-electron chi connectivity index (χ3n) is 8.51. The lowest BCUT2D eigenvalue weighted by molar-refractivity contribution is 0.0996. The second-order valence-electron chi connectivity index (χ2n) is 11.7. The monoisotopic (exact) mass is 634 g/mol. The first-order chi connectivity index (χ1) is 21.7. The SMILES string of the molecule is Cc1ccc(S(=O)(=O)NC(Cc2cc(C)cc3c2-c2cc4c(cc2CO3)C(=O)N(c2ccccc2)C4)c2ccc(Cl)cc2)cc1. The number of carbonyl (C=O) groups is 1. The van der Waals surface area contributed by atoms with Crippen molar-refractivity contribution in [1.29, 1.82) is 0 Å².